The molecule has 80 valence electrons. The van der Waals surface area contributed by atoms with E-state index in [0.29, 0.717) is 0 Å². The number of aryl methyl sites for hydroxylation is 1. The topological polar surface area (TPSA) is 43.8 Å². The average Bonchev–Trinajstić information content (AvgIpc) is 2.65. The zero-order chi connectivity index (χ0) is 9.97. The Morgan fingerprint density at radius 2 is 1.87 bits per heavy atom. The summed E-state index contributed by atoms with van der Waals surface area (Å²) in [7, 11) is 1.90. The highest BCUT2D eigenvalue weighted by molar-refractivity contribution is 5.85. The summed E-state index contributed by atoms with van der Waals surface area (Å²) in [5.74, 6) is 0. The second-order valence-corrected chi connectivity index (χ2v) is 3.27. The molecule has 3 nitrogen and oxygen atoms in total. The highest BCUT2D eigenvalue weighted by atomic mass is 35.5. The van der Waals surface area contributed by atoms with Crippen molar-refractivity contribution in [2.45, 2.75) is 6.04 Å². The predicted octanol–water partition coefficient (Wildman–Crippen LogP) is 1.89. The Morgan fingerprint density at radius 3 is 2.40 bits per heavy atom. The van der Waals surface area contributed by atoms with Crippen molar-refractivity contribution >= 4 is 12.4 Å². The lowest BCUT2D eigenvalue weighted by Crippen LogP contribution is -2.15. The van der Waals surface area contributed by atoms with Crippen LogP contribution in [0.15, 0.2) is 42.6 Å². The molecule has 2 rings (SSSR count). The summed E-state index contributed by atoms with van der Waals surface area (Å²) in [6, 6.07) is 11.9. The standard InChI is InChI=1S/C11H13N3.ClH/c1-14-10(7-8-13-14)11(12)9-5-3-2-4-6-9;/h2-8,11H,12H2,1H3;1H. The molecule has 1 heterocycles. The van der Waals surface area contributed by atoms with E-state index in [9.17, 15) is 0 Å². The van der Waals surface area contributed by atoms with Crippen molar-refractivity contribution < 1.29 is 0 Å². The summed E-state index contributed by atoms with van der Waals surface area (Å²) in [4.78, 5) is 0. The van der Waals surface area contributed by atoms with E-state index < -0.39 is 0 Å². The van der Waals surface area contributed by atoms with Gasteiger partial charge in [-0.15, -0.1) is 12.4 Å². The Balaban J connectivity index is 0.00000112. The monoisotopic (exact) mass is 223 g/mol. The van der Waals surface area contributed by atoms with E-state index in [2.05, 4.69) is 5.10 Å². The number of nitrogens with two attached hydrogens (primary N) is 1. The Bertz CT molecular complexity index is 411. The van der Waals surface area contributed by atoms with Gasteiger partial charge in [-0.2, -0.15) is 5.10 Å². The van der Waals surface area contributed by atoms with Gasteiger partial charge in [-0.05, 0) is 11.6 Å². The summed E-state index contributed by atoms with van der Waals surface area (Å²) in [5.41, 5.74) is 8.23. The molecule has 0 saturated heterocycles. The van der Waals surface area contributed by atoms with E-state index in [4.69, 9.17) is 5.73 Å². The Kier molecular flexibility index (Phi) is 3.88. The van der Waals surface area contributed by atoms with Crippen molar-refractivity contribution in [1.29, 1.82) is 0 Å². The van der Waals surface area contributed by atoms with Gasteiger partial charge in [0.05, 0.1) is 11.7 Å². The number of rotatable bonds is 2. The van der Waals surface area contributed by atoms with Crippen molar-refractivity contribution in [3.05, 3.63) is 53.9 Å². The van der Waals surface area contributed by atoms with E-state index in [1.807, 2.05) is 43.4 Å². The quantitative estimate of drug-likeness (QED) is 0.845. The van der Waals surface area contributed by atoms with Crippen LogP contribution < -0.4 is 5.73 Å². The minimum atomic E-state index is -0.0938. The number of hydrogen-bond donors (Lipinski definition) is 1. The Hall–Kier alpha value is -1.32. The summed E-state index contributed by atoms with van der Waals surface area (Å²) in [6.07, 6.45) is 1.76. The molecule has 0 aliphatic carbocycles. The van der Waals surface area contributed by atoms with Gasteiger partial charge in [-0.1, -0.05) is 30.3 Å². The molecule has 1 aromatic carbocycles. The molecule has 4 heteroatoms. The van der Waals surface area contributed by atoms with E-state index >= 15 is 0 Å². The fourth-order valence-electron chi connectivity index (χ4n) is 1.52. The average molecular weight is 224 g/mol. The number of halogens is 1. The fourth-order valence-corrected chi connectivity index (χ4v) is 1.52. The normalized spacial score (nSPS) is 11.9. The molecule has 1 unspecified atom stereocenters. The van der Waals surface area contributed by atoms with Crippen LogP contribution in [-0.4, -0.2) is 9.78 Å². The lowest BCUT2D eigenvalue weighted by Gasteiger charge is -2.11. The Labute approximate surface area is 95.3 Å². The third kappa shape index (κ3) is 2.37. The van der Waals surface area contributed by atoms with Crippen molar-refractivity contribution in [3.8, 4) is 0 Å². The van der Waals surface area contributed by atoms with Crippen molar-refractivity contribution in [2.24, 2.45) is 12.8 Å². The summed E-state index contributed by atoms with van der Waals surface area (Å²) < 4.78 is 1.80. The molecular weight excluding hydrogens is 210 g/mol. The smallest absolute Gasteiger partial charge is 0.0723 e. The maximum absolute atomic E-state index is 6.10. The lowest BCUT2D eigenvalue weighted by atomic mass is 10.1. The summed E-state index contributed by atoms with van der Waals surface area (Å²) in [6.45, 7) is 0. The third-order valence-electron chi connectivity index (χ3n) is 2.34. The van der Waals surface area contributed by atoms with Crippen LogP contribution in [0.4, 0.5) is 0 Å². The molecule has 2 aromatic rings. The molecule has 0 spiro atoms. The van der Waals surface area contributed by atoms with Crippen molar-refractivity contribution in [1.82, 2.24) is 9.78 Å². The van der Waals surface area contributed by atoms with E-state index in [-0.39, 0.29) is 18.4 Å². The largest absolute Gasteiger partial charge is 0.319 e. The van der Waals surface area contributed by atoms with Crippen LogP contribution in [0.3, 0.4) is 0 Å². The highest BCUT2D eigenvalue weighted by Crippen LogP contribution is 2.17. The number of aromatic nitrogens is 2. The number of nitrogens with zero attached hydrogens (tertiary/aromatic N) is 2. The van der Waals surface area contributed by atoms with Crippen molar-refractivity contribution in [3.63, 3.8) is 0 Å². The number of benzene rings is 1. The zero-order valence-corrected chi connectivity index (χ0v) is 9.32. The van der Waals surface area contributed by atoms with Gasteiger partial charge in [0, 0.05) is 13.2 Å². The molecule has 0 amide bonds. The lowest BCUT2D eigenvalue weighted by molar-refractivity contribution is 0.673. The molecule has 0 radical (unpaired) electrons. The molecule has 0 aliphatic heterocycles. The Morgan fingerprint density at radius 1 is 1.20 bits per heavy atom. The first-order valence-electron chi connectivity index (χ1n) is 4.57. The molecule has 0 aliphatic rings. The molecule has 1 aromatic heterocycles. The predicted molar refractivity (Wildman–Crippen MR) is 62.9 cm³/mol. The van der Waals surface area contributed by atoms with Gasteiger partial charge in [-0.25, -0.2) is 0 Å². The minimum Gasteiger partial charge on any atom is -0.319 e. The van der Waals surface area contributed by atoms with Gasteiger partial charge in [0.2, 0.25) is 0 Å². The molecule has 0 saturated carbocycles. The van der Waals surface area contributed by atoms with Gasteiger partial charge < -0.3 is 5.73 Å². The van der Waals surface area contributed by atoms with Gasteiger partial charge in [-0.3, -0.25) is 4.68 Å². The van der Waals surface area contributed by atoms with E-state index in [0.717, 1.165) is 11.3 Å². The maximum atomic E-state index is 6.10. The van der Waals surface area contributed by atoms with Crippen LogP contribution >= 0.6 is 12.4 Å². The first kappa shape index (κ1) is 11.8. The maximum Gasteiger partial charge on any atom is 0.0723 e. The van der Waals surface area contributed by atoms with Crippen LogP contribution in [0, 0.1) is 0 Å². The fraction of sp³-hybridized carbons (Fsp3) is 0.182. The summed E-state index contributed by atoms with van der Waals surface area (Å²) in [5, 5.41) is 4.10. The molecule has 1 atom stereocenters. The van der Waals surface area contributed by atoms with Gasteiger partial charge in [0.15, 0.2) is 0 Å². The summed E-state index contributed by atoms with van der Waals surface area (Å²) >= 11 is 0. The van der Waals surface area contributed by atoms with Crippen LogP contribution in [0.1, 0.15) is 17.3 Å². The SMILES string of the molecule is Cl.Cn1nccc1C(N)c1ccccc1. The first-order chi connectivity index (χ1) is 6.79. The molecule has 2 N–H and O–H groups in total. The van der Waals surface area contributed by atoms with Gasteiger partial charge in [0.1, 0.15) is 0 Å². The molecular formula is C11H14ClN3. The first-order valence-corrected chi connectivity index (χ1v) is 4.57. The van der Waals surface area contributed by atoms with Gasteiger partial charge >= 0.3 is 0 Å². The van der Waals surface area contributed by atoms with Crippen LogP contribution in [0.5, 0.6) is 0 Å². The number of hydrogen-bond acceptors (Lipinski definition) is 2. The molecule has 0 bridgehead atoms. The molecule has 15 heavy (non-hydrogen) atoms. The van der Waals surface area contributed by atoms with Crippen LogP contribution in [0.25, 0.3) is 0 Å². The van der Waals surface area contributed by atoms with E-state index in [1.54, 1.807) is 10.9 Å². The highest BCUT2D eigenvalue weighted by Gasteiger charge is 2.10. The second-order valence-electron chi connectivity index (χ2n) is 3.27. The third-order valence-corrected chi connectivity index (χ3v) is 2.34. The molecule has 0 fully saturated rings. The van der Waals surface area contributed by atoms with Crippen LogP contribution in [0.2, 0.25) is 0 Å². The van der Waals surface area contributed by atoms with E-state index in [1.165, 1.54) is 0 Å². The minimum absolute atomic E-state index is 0. The zero-order valence-electron chi connectivity index (χ0n) is 8.50. The van der Waals surface area contributed by atoms with Crippen molar-refractivity contribution in [2.75, 3.05) is 0 Å². The second kappa shape index (κ2) is 4.96. The van der Waals surface area contributed by atoms with Gasteiger partial charge in [0.25, 0.3) is 0 Å². The van der Waals surface area contributed by atoms with Crippen LogP contribution in [-0.2, 0) is 7.05 Å².